The summed E-state index contributed by atoms with van der Waals surface area (Å²) in [5.41, 5.74) is 1.76. The minimum absolute atomic E-state index is 0.0858. The molecule has 0 radical (unpaired) electrons. The van der Waals surface area contributed by atoms with Crippen LogP contribution in [-0.2, 0) is 0 Å². The predicted octanol–water partition coefficient (Wildman–Crippen LogP) is 3.22. The Labute approximate surface area is 125 Å². The summed E-state index contributed by atoms with van der Waals surface area (Å²) in [7, 11) is 0. The van der Waals surface area contributed by atoms with Gasteiger partial charge in [-0.05, 0) is 48.5 Å². The molecule has 108 valence electrons. The number of ketones is 1. The van der Waals surface area contributed by atoms with E-state index in [0.29, 0.717) is 16.8 Å². The molecule has 0 saturated heterocycles. The average molecular weight is 294 g/mol. The van der Waals surface area contributed by atoms with Crippen LogP contribution in [0.3, 0.4) is 0 Å². The molecule has 0 bridgehead atoms. The second-order valence-electron chi connectivity index (χ2n) is 4.67. The first-order chi connectivity index (χ1) is 10.6. The third kappa shape index (κ3) is 2.83. The molecule has 0 aliphatic carbocycles. The topological polar surface area (TPSA) is 63.1 Å². The maximum Gasteiger partial charge on any atom is 0.212 e. The Morgan fingerprint density at radius 1 is 0.955 bits per heavy atom. The number of halogens is 1. The van der Waals surface area contributed by atoms with E-state index in [4.69, 9.17) is 0 Å². The fourth-order valence-electron chi connectivity index (χ4n) is 2.00. The second kappa shape index (κ2) is 5.73. The van der Waals surface area contributed by atoms with Gasteiger partial charge in [0, 0.05) is 11.1 Å². The molecule has 0 atom stereocenters. The van der Waals surface area contributed by atoms with Gasteiger partial charge in [-0.3, -0.25) is 9.78 Å². The highest BCUT2D eigenvalue weighted by atomic mass is 19.1. The molecule has 0 saturated carbocycles. The van der Waals surface area contributed by atoms with Crippen molar-refractivity contribution in [3.8, 4) is 17.0 Å². The van der Waals surface area contributed by atoms with Crippen molar-refractivity contribution < 1.29 is 14.3 Å². The predicted molar refractivity (Wildman–Crippen MR) is 79.0 cm³/mol. The number of phenols is 1. The van der Waals surface area contributed by atoms with Gasteiger partial charge >= 0.3 is 0 Å². The van der Waals surface area contributed by atoms with Crippen LogP contribution in [0.4, 0.5) is 4.39 Å². The molecule has 0 amide bonds. The molecule has 1 heterocycles. The minimum atomic E-state index is -0.340. The molecule has 0 fully saturated rings. The Balaban J connectivity index is 1.95. The van der Waals surface area contributed by atoms with Crippen molar-refractivity contribution in [2.75, 3.05) is 0 Å². The number of hydrogen-bond donors (Lipinski definition) is 1. The van der Waals surface area contributed by atoms with Gasteiger partial charge < -0.3 is 5.11 Å². The number of carbonyl (C=O) groups is 1. The molecule has 1 N–H and O–H groups in total. The molecule has 4 nitrogen and oxygen atoms in total. The fourth-order valence-corrected chi connectivity index (χ4v) is 2.00. The normalized spacial score (nSPS) is 10.4. The highest BCUT2D eigenvalue weighted by molar-refractivity contribution is 6.07. The Hall–Kier alpha value is -3.08. The van der Waals surface area contributed by atoms with E-state index in [1.807, 2.05) is 0 Å². The van der Waals surface area contributed by atoms with Crippen LogP contribution in [0.2, 0.25) is 0 Å². The zero-order valence-electron chi connectivity index (χ0n) is 11.4. The molecule has 0 aliphatic rings. The summed E-state index contributed by atoms with van der Waals surface area (Å²) >= 11 is 0. The number of aromatic nitrogens is 2. The third-order valence-electron chi connectivity index (χ3n) is 3.14. The largest absolute Gasteiger partial charge is 0.508 e. The first kappa shape index (κ1) is 13.9. The van der Waals surface area contributed by atoms with Gasteiger partial charge in [-0.1, -0.05) is 0 Å². The van der Waals surface area contributed by atoms with Crippen LogP contribution in [-0.4, -0.2) is 20.9 Å². The SMILES string of the molecule is O=C(c1ccc(O)cc1)c1cncc(-c2ccc(F)cc2)n1. The maximum atomic E-state index is 13.0. The molecule has 0 spiro atoms. The van der Waals surface area contributed by atoms with Gasteiger partial charge in [0.15, 0.2) is 0 Å². The number of nitrogens with zero attached hydrogens (tertiary/aromatic N) is 2. The zero-order valence-corrected chi connectivity index (χ0v) is 11.4. The van der Waals surface area contributed by atoms with Crippen LogP contribution in [0, 0.1) is 5.82 Å². The van der Waals surface area contributed by atoms with Crippen molar-refractivity contribution in [3.63, 3.8) is 0 Å². The van der Waals surface area contributed by atoms with Gasteiger partial charge in [0.2, 0.25) is 5.78 Å². The van der Waals surface area contributed by atoms with Gasteiger partial charge in [-0.2, -0.15) is 0 Å². The monoisotopic (exact) mass is 294 g/mol. The molecule has 3 rings (SSSR count). The molecular weight excluding hydrogens is 283 g/mol. The van der Waals surface area contributed by atoms with Gasteiger partial charge in [0.1, 0.15) is 17.3 Å². The van der Waals surface area contributed by atoms with Crippen LogP contribution in [0.5, 0.6) is 5.75 Å². The van der Waals surface area contributed by atoms with Gasteiger partial charge in [-0.25, -0.2) is 9.37 Å². The number of rotatable bonds is 3. The van der Waals surface area contributed by atoms with Gasteiger partial charge in [-0.15, -0.1) is 0 Å². The van der Waals surface area contributed by atoms with E-state index in [9.17, 15) is 14.3 Å². The Morgan fingerprint density at radius 3 is 2.32 bits per heavy atom. The number of aromatic hydroxyl groups is 1. The quantitative estimate of drug-likeness (QED) is 0.753. The standard InChI is InChI=1S/C17H11FN2O2/c18-13-5-1-11(2-6-13)15-9-19-10-16(20-15)17(22)12-3-7-14(21)8-4-12/h1-10,21H. The van der Waals surface area contributed by atoms with E-state index in [2.05, 4.69) is 9.97 Å². The lowest BCUT2D eigenvalue weighted by Crippen LogP contribution is -2.05. The Bertz CT molecular complexity index is 815. The van der Waals surface area contributed by atoms with E-state index in [0.717, 1.165) is 0 Å². The van der Waals surface area contributed by atoms with E-state index >= 15 is 0 Å². The van der Waals surface area contributed by atoms with Crippen molar-refractivity contribution in [1.82, 2.24) is 9.97 Å². The highest BCUT2D eigenvalue weighted by Crippen LogP contribution is 2.18. The van der Waals surface area contributed by atoms with Crippen molar-refractivity contribution in [2.45, 2.75) is 0 Å². The van der Waals surface area contributed by atoms with Crippen LogP contribution in [0.15, 0.2) is 60.9 Å². The first-order valence-corrected chi connectivity index (χ1v) is 6.55. The van der Waals surface area contributed by atoms with Crippen molar-refractivity contribution >= 4 is 5.78 Å². The summed E-state index contributed by atoms with van der Waals surface area (Å²) in [5.74, 6) is -0.549. The number of phenolic OH excluding ortho intramolecular Hbond substituents is 1. The molecule has 5 heteroatoms. The van der Waals surface area contributed by atoms with Crippen molar-refractivity contribution in [1.29, 1.82) is 0 Å². The van der Waals surface area contributed by atoms with Crippen LogP contribution in [0.25, 0.3) is 11.3 Å². The summed E-state index contributed by atoms with van der Waals surface area (Å²) < 4.78 is 13.0. The fraction of sp³-hybridized carbons (Fsp3) is 0. The summed E-state index contributed by atoms with van der Waals surface area (Å²) in [6, 6.07) is 11.7. The van der Waals surface area contributed by atoms with Crippen molar-refractivity contribution in [3.05, 3.63) is 78.0 Å². The third-order valence-corrected chi connectivity index (χ3v) is 3.14. The average Bonchev–Trinajstić information content (AvgIpc) is 2.56. The number of benzene rings is 2. The lowest BCUT2D eigenvalue weighted by Gasteiger charge is -2.04. The summed E-state index contributed by atoms with van der Waals surface area (Å²) in [6.07, 6.45) is 2.89. The van der Waals surface area contributed by atoms with Gasteiger partial charge in [0.05, 0.1) is 18.1 Å². The number of hydrogen-bond acceptors (Lipinski definition) is 4. The highest BCUT2D eigenvalue weighted by Gasteiger charge is 2.12. The Morgan fingerprint density at radius 2 is 1.64 bits per heavy atom. The van der Waals surface area contributed by atoms with Crippen molar-refractivity contribution in [2.24, 2.45) is 0 Å². The van der Waals surface area contributed by atoms with E-state index in [-0.39, 0.29) is 23.0 Å². The smallest absolute Gasteiger partial charge is 0.212 e. The first-order valence-electron chi connectivity index (χ1n) is 6.55. The molecule has 0 unspecified atom stereocenters. The maximum absolute atomic E-state index is 13.0. The zero-order chi connectivity index (χ0) is 15.5. The summed E-state index contributed by atoms with van der Waals surface area (Å²) in [6.45, 7) is 0. The summed E-state index contributed by atoms with van der Waals surface area (Å²) in [5, 5.41) is 9.25. The van der Waals surface area contributed by atoms with Crippen LogP contribution in [0.1, 0.15) is 16.1 Å². The van der Waals surface area contributed by atoms with E-state index in [1.54, 1.807) is 12.1 Å². The van der Waals surface area contributed by atoms with Gasteiger partial charge in [0.25, 0.3) is 0 Å². The summed E-state index contributed by atoms with van der Waals surface area (Å²) in [4.78, 5) is 20.6. The minimum Gasteiger partial charge on any atom is -0.508 e. The second-order valence-corrected chi connectivity index (χ2v) is 4.67. The molecule has 2 aromatic carbocycles. The molecule has 0 aliphatic heterocycles. The van der Waals surface area contributed by atoms with Crippen LogP contribution >= 0.6 is 0 Å². The molecule has 22 heavy (non-hydrogen) atoms. The molecular formula is C17H11FN2O2. The van der Waals surface area contributed by atoms with E-state index < -0.39 is 0 Å². The number of carbonyl (C=O) groups excluding carboxylic acids is 1. The van der Waals surface area contributed by atoms with E-state index in [1.165, 1.54) is 48.8 Å². The Kier molecular flexibility index (Phi) is 3.62. The molecule has 1 aromatic heterocycles. The lowest BCUT2D eigenvalue weighted by atomic mass is 10.1. The lowest BCUT2D eigenvalue weighted by molar-refractivity contribution is 0.103. The van der Waals surface area contributed by atoms with Crippen LogP contribution < -0.4 is 0 Å². The molecule has 3 aromatic rings.